The minimum Gasteiger partial charge on any atom is -0.478 e. The van der Waals surface area contributed by atoms with Gasteiger partial charge in [0.15, 0.2) is 0 Å². The molecule has 2 N–H and O–H groups in total. The quantitative estimate of drug-likeness (QED) is 0.870. The predicted molar refractivity (Wildman–Crippen MR) is 75.8 cm³/mol. The molecule has 0 saturated heterocycles. The van der Waals surface area contributed by atoms with Gasteiger partial charge in [0.05, 0.1) is 11.3 Å². The number of anilines is 2. The van der Waals surface area contributed by atoms with Crippen LogP contribution in [0, 0.1) is 0 Å². The van der Waals surface area contributed by atoms with Crippen molar-refractivity contribution in [2.45, 2.75) is 0 Å². The summed E-state index contributed by atoms with van der Waals surface area (Å²) >= 11 is 9.23. The fraction of sp³-hybridized carbons (Fsp3) is 0. The fourth-order valence-electron chi connectivity index (χ4n) is 1.53. The summed E-state index contributed by atoms with van der Waals surface area (Å²) in [6.07, 6.45) is 0. The average molecular weight is 327 g/mol. The summed E-state index contributed by atoms with van der Waals surface area (Å²) in [6.45, 7) is 0. The van der Waals surface area contributed by atoms with Gasteiger partial charge < -0.3 is 10.4 Å². The molecule has 0 spiro atoms. The van der Waals surface area contributed by atoms with Crippen LogP contribution < -0.4 is 5.32 Å². The first kappa shape index (κ1) is 12.9. The fourth-order valence-corrected chi connectivity index (χ4v) is 2.10. The number of nitrogens with one attached hydrogen (secondary N) is 1. The van der Waals surface area contributed by atoms with E-state index in [9.17, 15) is 4.79 Å². The lowest BCUT2D eigenvalue weighted by Gasteiger charge is -2.10. The number of carbonyl (C=O) groups is 1. The number of hydrogen-bond acceptors (Lipinski definition) is 2. The van der Waals surface area contributed by atoms with Crippen LogP contribution in [0.5, 0.6) is 0 Å². The van der Waals surface area contributed by atoms with Crippen LogP contribution in [0.4, 0.5) is 11.4 Å². The minimum absolute atomic E-state index is 0.180. The maximum Gasteiger partial charge on any atom is 0.337 e. The van der Waals surface area contributed by atoms with E-state index in [0.717, 1.165) is 10.2 Å². The van der Waals surface area contributed by atoms with Crippen molar-refractivity contribution in [3.05, 3.63) is 57.5 Å². The van der Waals surface area contributed by atoms with Gasteiger partial charge in [-0.2, -0.15) is 0 Å². The second-order valence-corrected chi connectivity index (χ2v) is 4.98. The zero-order valence-electron chi connectivity index (χ0n) is 9.15. The summed E-state index contributed by atoms with van der Waals surface area (Å²) in [5, 5.41) is 12.6. The molecular formula is C13H9BrClNO2. The molecule has 2 aromatic rings. The van der Waals surface area contributed by atoms with E-state index in [2.05, 4.69) is 21.2 Å². The molecule has 0 bridgehead atoms. The van der Waals surface area contributed by atoms with Crippen LogP contribution >= 0.6 is 27.5 Å². The number of rotatable bonds is 3. The lowest BCUT2D eigenvalue weighted by molar-refractivity contribution is 0.0698. The van der Waals surface area contributed by atoms with Crippen LogP contribution in [-0.4, -0.2) is 11.1 Å². The average Bonchev–Trinajstić information content (AvgIpc) is 2.28. The molecule has 0 unspecified atom stereocenters. The molecule has 5 heteroatoms. The Kier molecular flexibility index (Phi) is 3.89. The summed E-state index contributed by atoms with van der Waals surface area (Å²) in [7, 11) is 0. The monoisotopic (exact) mass is 325 g/mol. The van der Waals surface area contributed by atoms with Crippen LogP contribution in [0.1, 0.15) is 10.4 Å². The molecule has 92 valence electrons. The van der Waals surface area contributed by atoms with Crippen molar-refractivity contribution in [3.8, 4) is 0 Å². The van der Waals surface area contributed by atoms with Gasteiger partial charge in [-0.15, -0.1) is 0 Å². The van der Waals surface area contributed by atoms with Crippen molar-refractivity contribution in [3.63, 3.8) is 0 Å². The molecule has 0 saturated carbocycles. The highest BCUT2D eigenvalue weighted by atomic mass is 79.9. The van der Waals surface area contributed by atoms with E-state index in [-0.39, 0.29) is 5.56 Å². The van der Waals surface area contributed by atoms with Gasteiger partial charge in [0.1, 0.15) is 0 Å². The van der Waals surface area contributed by atoms with Crippen molar-refractivity contribution in [1.29, 1.82) is 0 Å². The summed E-state index contributed by atoms with van der Waals surface area (Å²) < 4.78 is 0.909. The van der Waals surface area contributed by atoms with Gasteiger partial charge in [-0.05, 0) is 36.4 Å². The number of carboxylic acids is 1. The standard InChI is InChI=1S/C13H9BrClNO2/c14-8-2-1-3-10(6-8)16-12-7-9(15)4-5-11(12)13(17)18/h1-7,16H,(H,17,18). The van der Waals surface area contributed by atoms with E-state index in [1.54, 1.807) is 12.1 Å². The molecule has 2 rings (SSSR count). The third-order valence-electron chi connectivity index (χ3n) is 2.32. The third kappa shape index (κ3) is 3.03. The van der Waals surface area contributed by atoms with Crippen LogP contribution in [0.25, 0.3) is 0 Å². The summed E-state index contributed by atoms with van der Waals surface area (Å²) in [6, 6.07) is 12.1. The largest absolute Gasteiger partial charge is 0.478 e. The molecule has 0 heterocycles. The van der Waals surface area contributed by atoms with Crippen molar-refractivity contribution in [2.24, 2.45) is 0 Å². The number of halogens is 2. The maximum absolute atomic E-state index is 11.1. The zero-order valence-corrected chi connectivity index (χ0v) is 11.5. The third-order valence-corrected chi connectivity index (χ3v) is 3.04. The van der Waals surface area contributed by atoms with Crippen molar-refractivity contribution < 1.29 is 9.90 Å². The van der Waals surface area contributed by atoms with Gasteiger partial charge in [-0.3, -0.25) is 0 Å². The second kappa shape index (κ2) is 5.42. The molecule has 0 amide bonds. The molecule has 2 aromatic carbocycles. The normalized spacial score (nSPS) is 10.1. The molecule has 0 atom stereocenters. The number of carboxylic acid groups (broad SMARTS) is 1. The Balaban J connectivity index is 2.39. The Morgan fingerprint density at radius 3 is 2.67 bits per heavy atom. The van der Waals surface area contributed by atoms with Crippen LogP contribution in [0.3, 0.4) is 0 Å². The SMILES string of the molecule is O=C(O)c1ccc(Cl)cc1Nc1cccc(Br)c1. The molecule has 3 nitrogen and oxygen atoms in total. The highest BCUT2D eigenvalue weighted by Crippen LogP contribution is 2.26. The minimum atomic E-state index is -0.996. The Labute approximate surface area is 118 Å². The van der Waals surface area contributed by atoms with Crippen LogP contribution in [-0.2, 0) is 0 Å². The Morgan fingerprint density at radius 1 is 1.22 bits per heavy atom. The van der Waals surface area contributed by atoms with E-state index < -0.39 is 5.97 Å². The summed E-state index contributed by atoms with van der Waals surface area (Å²) in [5.74, 6) is -0.996. The van der Waals surface area contributed by atoms with Gasteiger partial charge in [0.25, 0.3) is 0 Å². The zero-order chi connectivity index (χ0) is 13.1. The highest BCUT2D eigenvalue weighted by Gasteiger charge is 2.10. The number of aromatic carboxylic acids is 1. The van der Waals surface area contributed by atoms with Crippen molar-refractivity contribution >= 4 is 44.9 Å². The van der Waals surface area contributed by atoms with Gasteiger partial charge in [-0.25, -0.2) is 4.79 Å². The van der Waals surface area contributed by atoms with E-state index >= 15 is 0 Å². The van der Waals surface area contributed by atoms with E-state index in [1.807, 2.05) is 24.3 Å². The van der Waals surface area contributed by atoms with Crippen LogP contribution in [0.15, 0.2) is 46.9 Å². The lowest BCUT2D eigenvalue weighted by Crippen LogP contribution is -2.02. The molecule has 0 fully saturated rings. The second-order valence-electron chi connectivity index (χ2n) is 3.63. The van der Waals surface area contributed by atoms with Gasteiger partial charge in [-0.1, -0.05) is 33.6 Å². The Bertz CT molecular complexity index is 601. The predicted octanol–water partition coefficient (Wildman–Crippen LogP) is 4.54. The van der Waals surface area contributed by atoms with E-state index in [0.29, 0.717) is 10.7 Å². The van der Waals surface area contributed by atoms with E-state index in [4.69, 9.17) is 16.7 Å². The number of benzene rings is 2. The smallest absolute Gasteiger partial charge is 0.337 e. The molecule has 0 aliphatic rings. The molecule has 0 aliphatic heterocycles. The Hall–Kier alpha value is -1.52. The lowest BCUT2D eigenvalue weighted by atomic mass is 10.1. The summed E-state index contributed by atoms with van der Waals surface area (Å²) in [4.78, 5) is 11.1. The van der Waals surface area contributed by atoms with Gasteiger partial charge >= 0.3 is 5.97 Å². The summed E-state index contributed by atoms with van der Waals surface area (Å²) in [5.41, 5.74) is 1.43. The van der Waals surface area contributed by atoms with Crippen molar-refractivity contribution in [1.82, 2.24) is 0 Å². The van der Waals surface area contributed by atoms with E-state index in [1.165, 1.54) is 6.07 Å². The maximum atomic E-state index is 11.1. The Morgan fingerprint density at radius 2 is 2.00 bits per heavy atom. The molecule has 18 heavy (non-hydrogen) atoms. The first-order valence-electron chi connectivity index (χ1n) is 5.12. The number of hydrogen-bond donors (Lipinski definition) is 2. The molecule has 0 aliphatic carbocycles. The molecular weight excluding hydrogens is 318 g/mol. The topological polar surface area (TPSA) is 49.3 Å². The first-order chi connectivity index (χ1) is 8.56. The van der Waals surface area contributed by atoms with Gasteiger partial charge in [0, 0.05) is 15.2 Å². The van der Waals surface area contributed by atoms with Gasteiger partial charge in [0.2, 0.25) is 0 Å². The molecule has 0 radical (unpaired) electrons. The highest BCUT2D eigenvalue weighted by molar-refractivity contribution is 9.10. The molecule has 0 aromatic heterocycles. The van der Waals surface area contributed by atoms with Crippen molar-refractivity contribution in [2.75, 3.05) is 5.32 Å². The van der Waals surface area contributed by atoms with Crippen LogP contribution in [0.2, 0.25) is 5.02 Å². The first-order valence-corrected chi connectivity index (χ1v) is 6.29.